The average molecular weight is 348 g/mol. The van der Waals surface area contributed by atoms with Crippen molar-refractivity contribution in [3.05, 3.63) is 63.6 Å². The molecule has 1 aliphatic heterocycles. The van der Waals surface area contributed by atoms with Crippen molar-refractivity contribution in [2.24, 2.45) is 0 Å². The molecule has 2 atom stereocenters. The van der Waals surface area contributed by atoms with Crippen LogP contribution in [0, 0.1) is 0 Å². The summed E-state index contributed by atoms with van der Waals surface area (Å²) in [5, 5.41) is 0.935. The van der Waals surface area contributed by atoms with E-state index in [9.17, 15) is 9.59 Å². The first-order chi connectivity index (χ1) is 10.9. The number of hydrogen-bond donors (Lipinski definition) is 0. The number of carbonyl (C=O) groups excluding carboxylic acids is 2. The molecule has 5 heteroatoms. The van der Waals surface area contributed by atoms with Gasteiger partial charge in [0.1, 0.15) is 0 Å². The van der Waals surface area contributed by atoms with Crippen molar-refractivity contribution in [2.75, 3.05) is 4.90 Å². The standard InChI is InChI=1S/C18H15Cl2NO2/c1-10(12-7-8-14(19)15(20)9-12)17-13-5-3-4-6-16(13)21(11(2)22)18(17)23/h3-10,17H,1-2H3. The highest BCUT2D eigenvalue weighted by Crippen LogP contribution is 2.45. The van der Waals surface area contributed by atoms with Gasteiger partial charge in [0.25, 0.3) is 0 Å². The summed E-state index contributed by atoms with van der Waals surface area (Å²) in [6.07, 6.45) is 0. The fraction of sp³-hybridized carbons (Fsp3) is 0.222. The summed E-state index contributed by atoms with van der Waals surface area (Å²) < 4.78 is 0. The number of fused-ring (bicyclic) bond motifs is 1. The molecule has 0 bridgehead atoms. The number of amides is 2. The van der Waals surface area contributed by atoms with Crippen molar-refractivity contribution in [1.82, 2.24) is 0 Å². The Morgan fingerprint density at radius 2 is 1.83 bits per heavy atom. The van der Waals surface area contributed by atoms with Gasteiger partial charge in [-0.25, -0.2) is 4.90 Å². The minimum Gasteiger partial charge on any atom is -0.274 e. The Balaban J connectivity index is 2.07. The Labute approximate surface area is 144 Å². The van der Waals surface area contributed by atoms with E-state index in [0.29, 0.717) is 15.7 Å². The van der Waals surface area contributed by atoms with Gasteiger partial charge >= 0.3 is 0 Å². The second kappa shape index (κ2) is 5.99. The Hall–Kier alpha value is -1.84. The van der Waals surface area contributed by atoms with Crippen LogP contribution in [0.1, 0.15) is 36.8 Å². The lowest BCUT2D eigenvalue weighted by molar-refractivity contribution is -0.125. The van der Waals surface area contributed by atoms with Crippen LogP contribution in [0.15, 0.2) is 42.5 Å². The summed E-state index contributed by atoms with van der Waals surface area (Å²) >= 11 is 12.1. The van der Waals surface area contributed by atoms with E-state index in [2.05, 4.69) is 0 Å². The molecule has 0 N–H and O–H groups in total. The largest absolute Gasteiger partial charge is 0.274 e. The van der Waals surface area contributed by atoms with E-state index in [-0.39, 0.29) is 17.7 Å². The number of benzene rings is 2. The molecule has 2 amide bonds. The third-order valence-electron chi connectivity index (χ3n) is 4.28. The second-order valence-electron chi connectivity index (χ2n) is 5.69. The van der Waals surface area contributed by atoms with Crippen LogP contribution in [-0.4, -0.2) is 11.8 Å². The van der Waals surface area contributed by atoms with Gasteiger partial charge in [-0.15, -0.1) is 0 Å². The van der Waals surface area contributed by atoms with Crippen LogP contribution in [0.5, 0.6) is 0 Å². The van der Waals surface area contributed by atoms with Crippen molar-refractivity contribution in [1.29, 1.82) is 0 Å². The van der Waals surface area contributed by atoms with E-state index in [4.69, 9.17) is 23.2 Å². The molecule has 0 radical (unpaired) electrons. The zero-order valence-corrected chi connectivity index (χ0v) is 14.2. The van der Waals surface area contributed by atoms with Crippen LogP contribution in [0.2, 0.25) is 10.0 Å². The molecule has 118 valence electrons. The highest BCUT2D eigenvalue weighted by molar-refractivity contribution is 6.42. The van der Waals surface area contributed by atoms with Crippen LogP contribution in [0.25, 0.3) is 0 Å². The van der Waals surface area contributed by atoms with E-state index >= 15 is 0 Å². The molecule has 0 spiro atoms. The Kier molecular flexibility index (Phi) is 4.17. The predicted molar refractivity (Wildman–Crippen MR) is 92.2 cm³/mol. The lowest BCUT2D eigenvalue weighted by atomic mass is 9.83. The van der Waals surface area contributed by atoms with Gasteiger partial charge in [0.2, 0.25) is 11.8 Å². The minimum absolute atomic E-state index is 0.122. The predicted octanol–water partition coefficient (Wildman–Crippen LogP) is 4.77. The topological polar surface area (TPSA) is 37.4 Å². The fourth-order valence-corrected chi connectivity index (χ4v) is 3.45. The highest BCUT2D eigenvalue weighted by atomic mass is 35.5. The summed E-state index contributed by atoms with van der Waals surface area (Å²) in [6.45, 7) is 3.36. The molecular formula is C18H15Cl2NO2. The summed E-state index contributed by atoms with van der Waals surface area (Å²) in [6, 6.07) is 12.8. The Morgan fingerprint density at radius 1 is 1.13 bits per heavy atom. The maximum absolute atomic E-state index is 12.8. The number of halogens is 2. The smallest absolute Gasteiger partial charge is 0.241 e. The third-order valence-corrected chi connectivity index (χ3v) is 5.02. The van der Waals surface area contributed by atoms with Crippen molar-refractivity contribution in [2.45, 2.75) is 25.7 Å². The van der Waals surface area contributed by atoms with Gasteiger partial charge in [-0.05, 0) is 35.2 Å². The zero-order valence-electron chi connectivity index (χ0n) is 12.7. The first-order valence-corrected chi connectivity index (χ1v) is 8.06. The zero-order chi connectivity index (χ0) is 16.7. The van der Waals surface area contributed by atoms with Gasteiger partial charge in [0.15, 0.2) is 0 Å². The summed E-state index contributed by atoms with van der Waals surface area (Å²) in [5.41, 5.74) is 2.45. The SMILES string of the molecule is CC(=O)N1C(=O)C(C(C)c2ccc(Cl)c(Cl)c2)c2ccccc21. The molecule has 1 aliphatic rings. The summed E-state index contributed by atoms with van der Waals surface area (Å²) in [5.74, 6) is -1.00. The fourth-order valence-electron chi connectivity index (χ4n) is 3.14. The quantitative estimate of drug-likeness (QED) is 0.784. The molecule has 2 aromatic carbocycles. The van der Waals surface area contributed by atoms with Gasteiger partial charge in [0, 0.05) is 6.92 Å². The molecule has 0 saturated heterocycles. The van der Waals surface area contributed by atoms with Gasteiger partial charge in [-0.1, -0.05) is 54.4 Å². The summed E-state index contributed by atoms with van der Waals surface area (Å²) in [4.78, 5) is 26.0. The van der Waals surface area contributed by atoms with Crippen molar-refractivity contribution in [3.8, 4) is 0 Å². The number of carbonyl (C=O) groups is 2. The number of para-hydroxylation sites is 1. The average Bonchev–Trinajstić information content (AvgIpc) is 2.81. The van der Waals surface area contributed by atoms with Gasteiger partial charge < -0.3 is 0 Å². The third kappa shape index (κ3) is 2.64. The van der Waals surface area contributed by atoms with Crippen LogP contribution < -0.4 is 4.90 Å². The molecule has 0 aliphatic carbocycles. The number of anilines is 1. The van der Waals surface area contributed by atoms with Crippen LogP contribution in [0.3, 0.4) is 0 Å². The number of hydrogen-bond acceptors (Lipinski definition) is 2. The highest BCUT2D eigenvalue weighted by Gasteiger charge is 2.42. The maximum Gasteiger partial charge on any atom is 0.241 e. The molecule has 23 heavy (non-hydrogen) atoms. The van der Waals surface area contributed by atoms with E-state index in [0.717, 1.165) is 11.1 Å². The number of nitrogens with zero attached hydrogens (tertiary/aromatic N) is 1. The van der Waals surface area contributed by atoms with Gasteiger partial charge in [0.05, 0.1) is 21.7 Å². The molecule has 3 nitrogen and oxygen atoms in total. The first kappa shape index (κ1) is 16.0. The van der Waals surface area contributed by atoms with Crippen molar-refractivity contribution < 1.29 is 9.59 Å². The molecule has 0 fully saturated rings. The van der Waals surface area contributed by atoms with E-state index < -0.39 is 5.92 Å². The van der Waals surface area contributed by atoms with Crippen LogP contribution in [-0.2, 0) is 9.59 Å². The van der Waals surface area contributed by atoms with Crippen LogP contribution >= 0.6 is 23.2 Å². The number of rotatable bonds is 2. The molecule has 0 aromatic heterocycles. The van der Waals surface area contributed by atoms with Gasteiger partial charge in [-0.3, -0.25) is 9.59 Å². The summed E-state index contributed by atoms with van der Waals surface area (Å²) in [7, 11) is 0. The Bertz CT molecular complexity index is 803. The van der Waals surface area contributed by atoms with Crippen LogP contribution in [0.4, 0.5) is 5.69 Å². The lowest BCUT2D eigenvalue weighted by Gasteiger charge is -2.20. The maximum atomic E-state index is 12.8. The van der Waals surface area contributed by atoms with E-state index in [1.165, 1.54) is 11.8 Å². The van der Waals surface area contributed by atoms with E-state index in [1.54, 1.807) is 18.2 Å². The second-order valence-corrected chi connectivity index (χ2v) is 6.51. The minimum atomic E-state index is -0.410. The normalized spacial score (nSPS) is 18.0. The molecule has 1 heterocycles. The monoisotopic (exact) mass is 347 g/mol. The number of imide groups is 1. The molecule has 2 aromatic rings. The molecule has 3 rings (SSSR count). The van der Waals surface area contributed by atoms with Gasteiger partial charge in [-0.2, -0.15) is 0 Å². The molecule has 0 saturated carbocycles. The first-order valence-electron chi connectivity index (χ1n) is 7.30. The lowest BCUT2D eigenvalue weighted by Crippen LogP contribution is -2.34. The molecular weight excluding hydrogens is 333 g/mol. The van der Waals surface area contributed by atoms with E-state index in [1.807, 2.05) is 31.2 Å². The van der Waals surface area contributed by atoms with Crippen molar-refractivity contribution in [3.63, 3.8) is 0 Å². The molecule has 2 unspecified atom stereocenters. The van der Waals surface area contributed by atoms with Crippen molar-refractivity contribution >= 4 is 40.7 Å². The Morgan fingerprint density at radius 3 is 2.48 bits per heavy atom.